The van der Waals surface area contributed by atoms with Gasteiger partial charge in [0.1, 0.15) is 5.69 Å². The molecule has 162 valence electrons. The van der Waals surface area contributed by atoms with Gasteiger partial charge in [0.2, 0.25) is 12.2 Å². The van der Waals surface area contributed by atoms with E-state index in [4.69, 9.17) is 9.47 Å². The number of aromatic nitrogens is 2. The molecule has 1 aliphatic rings. The number of nitro groups is 1. The summed E-state index contributed by atoms with van der Waals surface area (Å²) in [5.41, 5.74) is -0.752. The average molecular weight is 436 g/mol. The summed E-state index contributed by atoms with van der Waals surface area (Å²) in [6.45, 7) is 2.83. The van der Waals surface area contributed by atoms with Crippen LogP contribution in [0.2, 0.25) is 0 Å². The number of ether oxygens (including phenoxy) is 2. The van der Waals surface area contributed by atoms with Crippen LogP contribution in [0.15, 0.2) is 47.3 Å². The Morgan fingerprint density at radius 2 is 1.84 bits per heavy atom. The number of nitrogens with one attached hydrogen (secondary N) is 1. The molecule has 11 heteroatoms. The number of fused-ring (bicyclic) bond motifs is 1. The molecular formula is C21H16N4O7. The highest BCUT2D eigenvalue weighted by Gasteiger charge is 2.24. The van der Waals surface area contributed by atoms with E-state index in [9.17, 15) is 24.5 Å². The lowest BCUT2D eigenvalue weighted by atomic mass is 10.1. The minimum Gasteiger partial charge on any atom is -0.454 e. The SMILES string of the molecule is CC(=O)c1cc2c(cc1NC(=O)c1nn(-c3ccccc3[N+](=O)[O-])c(C)cc1=O)OCO2. The van der Waals surface area contributed by atoms with Gasteiger partial charge in [-0.05, 0) is 26.0 Å². The average Bonchev–Trinajstić information content (AvgIpc) is 3.20. The Balaban J connectivity index is 1.77. The number of nitrogens with zero attached hydrogens (tertiary/aromatic N) is 3. The van der Waals surface area contributed by atoms with Crippen molar-refractivity contribution in [1.82, 2.24) is 9.78 Å². The van der Waals surface area contributed by atoms with Gasteiger partial charge in [-0.15, -0.1) is 0 Å². The minimum atomic E-state index is -0.885. The molecule has 0 spiro atoms. The number of amides is 1. The fourth-order valence-electron chi connectivity index (χ4n) is 3.26. The first-order chi connectivity index (χ1) is 15.3. The number of carbonyl (C=O) groups excluding carboxylic acids is 2. The number of Topliss-reactive ketones (excluding diaryl/α,β-unsaturated/α-hetero) is 1. The summed E-state index contributed by atoms with van der Waals surface area (Å²) in [6, 6.07) is 9.84. The first-order valence-corrected chi connectivity index (χ1v) is 9.37. The maximum Gasteiger partial charge on any atom is 0.294 e. The van der Waals surface area contributed by atoms with Crippen LogP contribution in [0.4, 0.5) is 11.4 Å². The number of aryl methyl sites for hydroxylation is 1. The van der Waals surface area contributed by atoms with Crippen LogP contribution in [0.25, 0.3) is 5.69 Å². The van der Waals surface area contributed by atoms with Gasteiger partial charge in [0, 0.05) is 29.5 Å². The van der Waals surface area contributed by atoms with Crippen LogP contribution < -0.4 is 20.2 Å². The van der Waals surface area contributed by atoms with Gasteiger partial charge in [-0.3, -0.25) is 24.5 Å². The molecule has 0 fully saturated rings. The van der Waals surface area contributed by atoms with E-state index in [0.29, 0.717) is 17.2 Å². The molecule has 4 rings (SSSR count). The molecule has 1 amide bonds. The van der Waals surface area contributed by atoms with E-state index in [0.717, 1.165) is 10.7 Å². The molecule has 0 bridgehead atoms. The van der Waals surface area contributed by atoms with Crippen molar-refractivity contribution in [2.45, 2.75) is 13.8 Å². The van der Waals surface area contributed by atoms with E-state index in [2.05, 4.69) is 10.4 Å². The highest BCUT2D eigenvalue weighted by Crippen LogP contribution is 2.37. The van der Waals surface area contributed by atoms with E-state index in [1.807, 2.05) is 0 Å². The Morgan fingerprint density at radius 3 is 2.53 bits per heavy atom. The molecule has 0 aliphatic carbocycles. The van der Waals surface area contributed by atoms with E-state index in [1.165, 1.54) is 37.3 Å². The Morgan fingerprint density at radius 1 is 1.16 bits per heavy atom. The molecule has 2 aromatic carbocycles. The van der Waals surface area contributed by atoms with Gasteiger partial charge in [-0.2, -0.15) is 5.10 Å². The minimum absolute atomic E-state index is 0.0237. The van der Waals surface area contributed by atoms with Crippen molar-refractivity contribution >= 4 is 23.1 Å². The summed E-state index contributed by atoms with van der Waals surface area (Å²) in [5.74, 6) is -0.531. The Kier molecular flexibility index (Phi) is 5.15. The number of carbonyl (C=O) groups is 2. The fourth-order valence-corrected chi connectivity index (χ4v) is 3.26. The maximum absolute atomic E-state index is 12.9. The lowest BCUT2D eigenvalue weighted by Crippen LogP contribution is -2.27. The second-order valence-electron chi connectivity index (χ2n) is 6.92. The maximum atomic E-state index is 12.9. The second-order valence-corrected chi connectivity index (χ2v) is 6.92. The van der Waals surface area contributed by atoms with Crippen LogP contribution in [-0.4, -0.2) is 33.2 Å². The molecule has 0 radical (unpaired) electrons. The number of rotatable bonds is 5. The highest BCUT2D eigenvalue weighted by molar-refractivity contribution is 6.08. The molecular weight excluding hydrogens is 420 g/mol. The smallest absolute Gasteiger partial charge is 0.294 e. The summed E-state index contributed by atoms with van der Waals surface area (Å²) in [5, 5.41) is 18.0. The lowest BCUT2D eigenvalue weighted by molar-refractivity contribution is -0.384. The number of ketones is 1. The number of hydrogen-bond donors (Lipinski definition) is 1. The van der Waals surface area contributed by atoms with Crippen LogP contribution in [0, 0.1) is 17.0 Å². The molecule has 0 saturated carbocycles. The van der Waals surface area contributed by atoms with E-state index in [1.54, 1.807) is 13.0 Å². The number of anilines is 1. The highest BCUT2D eigenvalue weighted by atomic mass is 16.7. The molecule has 32 heavy (non-hydrogen) atoms. The second kappa shape index (κ2) is 7.95. The third-order valence-corrected chi connectivity index (χ3v) is 4.77. The van der Waals surface area contributed by atoms with Crippen LogP contribution in [0.5, 0.6) is 11.5 Å². The lowest BCUT2D eigenvalue weighted by Gasteiger charge is -2.13. The molecule has 1 aromatic heterocycles. The van der Waals surface area contributed by atoms with Crippen LogP contribution in [0.1, 0.15) is 33.5 Å². The third-order valence-electron chi connectivity index (χ3n) is 4.77. The molecule has 0 atom stereocenters. The Hall–Kier alpha value is -4.54. The summed E-state index contributed by atoms with van der Waals surface area (Å²) < 4.78 is 11.7. The van der Waals surface area contributed by atoms with Crippen LogP contribution >= 0.6 is 0 Å². The fraction of sp³-hybridized carbons (Fsp3) is 0.143. The zero-order chi connectivity index (χ0) is 23.0. The van der Waals surface area contributed by atoms with Crippen molar-refractivity contribution in [1.29, 1.82) is 0 Å². The first-order valence-electron chi connectivity index (χ1n) is 9.37. The summed E-state index contributed by atoms with van der Waals surface area (Å²) in [4.78, 5) is 48.3. The van der Waals surface area contributed by atoms with E-state index >= 15 is 0 Å². The number of nitro benzene ring substituents is 1. The zero-order valence-corrected chi connectivity index (χ0v) is 16.9. The van der Waals surface area contributed by atoms with E-state index in [-0.39, 0.29) is 35.2 Å². The molecule has 0 saturated heterocycles. The van der Waals surface area contributed by atoms with Crippen molar-refractivity contribution in [2.75, 3.05) is 12.1 Å². The topological polar surface area (TPSA) is 143 Å². The largest absolute Gasteiger partial charge is 0.454 e. The van der Waals surface area contributed by atoms with Crippen molar-refractivity contribution in [2.24, 2.45) is 0 Å². The van der Waals surface area contributed by atoms with Gasteiger partial charge in [0.05, 0.1) is 10.6 Å². The van der Waals surface area contributed by atoms with Crippen molar-refractivity contribution in [3.05, 3.63) is 79.8 Å². The number of hydrogen-bond acceptors (Lipinski definition) is 8. The van der Waals surface area contributed by atoms with Gasteiger partial charge >= 0.3 is 0 Å². The third kappa shape index (κ3) is 3.67. The Labute approximate surface area is 180 Å². The molecule has 3 aromatic rings. The Bertz CT molecular complexity index is 1350. The molecule has 11 nitrogen and oxygen atoms in total. The van der Waals surface area contributed by atoms with Gasteiger partial charge in [0.15, 0.2) is 23.0 Å². The standard InChI is InChI=1S/C21H16N4O7/c1-11-7-17(27)20(23-24(11)15-5-3-4-6-16(15)25(29)30)21(28)22-14-9-19-18(31-10-32-19)8-13(14)12(2)26/h3-9H,10H2,1-2H3,(H,22,28). The summed E-state index contributed by atoms with van der Waals surface area (Å²) in [7, 11) is 0. The van der Waals surface area contributed by atoms with Gasteiger partial charge < -0.3 is 14.8 Å². The zero-order valence-electron chi connectivity index (χ0n) is 16.9. The summed E-state index contributed by atoms with van der Waals surface area (Å²) in [6.07, 6.45) is 0. The monoisotopic (exact) mass is 436 g/mol. The van der Waals surface area contributed by atoms with Crippen molar-refractivity contribution in [3.8, 4) is 17.2 Å². The van der Waals surface area contributed by atoms with Gasteiger partial charge in [0.25, 0.3) is 11.6 Å². The van der Waals surface area contributed by atoms with Crippen LogP contribution in [-0.2, 0) is 0 Å². The predicted molar refractivity (Wildman–Crippen MR) is 112 cm³/mol. The number of para-hydroxylation sites is 2. The normalized spacial score (nSPS) is 11.8. The van der Waals surface area contributed by atoms with E-state index < -0.39 is 22.0 Å². The molecule has 2 heterocycles. The molecule has 1 N–H and O–H groups in total. The van der Waals surface area contributed by atoms with Gasteiger partial charge in [-0.1, -0.05) is 12.1 Å². The predicted octanol–water partition coefficient (Wildman–Crippen LogP) is 2.63. The van der Waals surface area contributed by atoms with Crippen molar-refractivity contribution in [3.63, 3.8) is 0 Å². The quantitative estimate of drug-likeness (QED) is 0.365. The van der Waals surface area contributed by atoms with Crippen molar-refractivity contribution < 1.29 is 24.0 Å². The van der Waals surface area contributed by atoms with Gasteiger partial charge in [-0.25, -0.2) is 4.68 Å². The first kappa shape index (κ1) is 20.7. The summed E-state index contributed by atoms with van der Waals surface area (Å²) >= 11 is 0. The molecule has 0 unspecified atom stereocenters. The van der Waals surface area contributed by atoms with Crippen LogP contribution in [0.3, 0.4) is 0 Å². The molecule has 1 aliphatic heterocycles. The number of benzene rings is 2.